The third kappa shape index (κ3) is 3.01. The van der Waals surface area contributed by atoms with Gasteiger partial charge in [0.25, 0.3) is 0 Å². The Balaban J connectivity index is 1.88. The highest BCUT2D eigenvalue weighted by atomic mass is 16.4. The summed E-state index contributed by atoms with van der Waals surface area (Å²) in [5.41, 5.74) is 4.04. The second-order valence-corrected chi connectivity index (χ2v) is 5.68. The van der Waals surface area contributed by atoms with Crippen LogP contribution in [0.2, 0.25) is 0 Å². The lowest BCUT2D eigenvalue weighted by molar-refractivity contribution is -0.117. The lowest BCUT2D eigenvalue weighted by Crippen LogP contribution is -2.13. The molecule has 0 radical (unpaired) electrons. The first-order valence-corrected chi connectivity index (χ1v) is 7.30. The van der Waals surface area contributed by atoms with E-state index in [4.69, 9.17) is 5.11 Å². The van der Waals surface area contributed by atoms with Gasteiger partial charge in [-0.25, -0.2) is 4.79 Å². The second kappa shape index (κ2) is 5.64. The molecule has 1 amide bonds. The highest BCUT2D eigenvalue weighted by Gasteiger charge is 2.29. The van der Waals surface area contributed by atoms with Crippen molar-refractivity contribution >= 4 is 17.6 Å². The first kappa shape index (κ1) is 14.3. The van der Waals surface area contributed by atoms with Crippen molar-refractivity contribution < 1.29 is 14.7 Å². The van der Waals surface area contributed by atoms with Crippen molar-refractivity contribution in [3.8, 4) is 11.1 Å². The molecular weight excluding hydrogens is 278 g/mol. The highest BCUT2D eigenvalue weighted by molar-refractivity contribution is 5.95. The number of carboxylic acids is 1. The van der Waals surface area contributed by atoms with Crippen LogP contribution in [0.4, 0.5) is 5.69 Å². The minimum absolute atomic E-state index is 0.0797. The molecule has 0 atom stereocenters. The number of carbonyl (C=O) groups excluding carboxylic acids is 1. The molecule has 2 N–H and O–H groups in total. The molecule has 0 spiro atoms. The summed E-state index contributed by atoms with van der Waals surface area (Å²) in [6.45, 7) is 1.99. The Morgan fingerprint density at radius 2 is 1.77 bits per heavy atom. The number of benzene rings is 2. The van der Waals surface area contributed by atoms with Crippen molar-refractivity contribution in [2.75, 3.05) is 5.32 Å². The predicted molar refractivity (Wildman–Crippen MR) is 84.9 cm³/mol. The van der Waals surface area contributed by atoms with E-state index in [-0.39, 0.29) is 17.4 Å². The van der Waals surface area contributed by atoms with E-state index in [0.29, 0.717) is 0 Å². The van der Waals surface area contributed by atoms with Crippen molar-refractivity contribution in [1.29, 1.82) is 0 Å². The second-order valence-electron chi connectivity index (χ2n) is 5.68. The van der Waals surface area contributed by atoms with Crippen LogP contribution < -0.4 is 5.32 Å². The zero-order valence-electron chi connectivity index (χ0n) is 12.3. The Bertz CT molecular complexity index is 730. The first-order valence-electron chi connectivity index (χ1n) is 7.30. The number of nitrogens with one attached hydrogen (secondary N) is 1. The molecule has 2 aromatic rings. The van der Waals surface area contributed by atoms with Gasteiger partial charge in [0.05, 0.1) is 5.56 Å². The monoisotopic (exact) mass is 295 g/mol. The Hall–Kier alpha value is -2.62. The minimum Gasteiger partial charge on any atom is -0.478 e. The molecule has 3 rings (SSSR count). The number of hydrogen-bond acceptors (Lipinski definition) is 2. The summed E-state index contributed by atoms with van der Waals surface area (Å²) in [5.74, 6) is -0.690. The summed E-state index contributed by atoms with van der Waals surface area (Å²) < 4.78 is 0. The van der Waals surface area contributed by atoms with Crippen LogP contribution in [0.5, 0.6) is 0 Å². The number of carboxylic acid groups (broad SMARTS) is 1. The molecule has 2 aromatic carbocycles. The number of rotatable bonds is 4. The Kier molecular flexibility index (Phi) is 3.67. The molecule has 1 fully saturated rings. The zero-order chi connectivity index (χ0) is 15.7. The van der Waals surface area contributed by atoms with Crippen LogP contribution in [0.3, 0.4) is 0 Å². The lowest BCUT2D eigenvalue weighted by Gasteiger charge is -2.10. The zero-order valence-corrected chi connectivity index (χ0v) is 12.3. The molecule has 1 aliphatic carbocycles. The van der Waals surface area contributed by atoms with Gasteiger partial charge in [-0.2, -0.15) is 0 Å². The van der Waals surface area contributed by atoms with Crippen molar-refractivity contribution in [2.24, 2.45) is 5.92 Å². The number of aromatic carboxylic acids is 1. The normalized spacial score (nSPS) is 13.7. The fraction of sp³-hybridized carbons (Fsp3) is 0.222. The van der Waals surface area contributed by atoms with E-state index in [1.54, 1.807) is 24.3 Å². The number of anilines is 1. The molecule has 0 unspecified atom stereocenters. The maximum atomic E-state index is 11.9. The number of hydrogen-bond donors (Lipinski definition) is 2. The van der Waals surface area contributed by atoms with Gasteiger partial charge in [-0.3, -0.25) is 4.79 Å². The maximum Gasteiger partial charge on any atom is 0.335 e. The van der Waals surface area contributed by atoms with E-state index in [1.165, 1.54) is 0 Å². The van der Waals surface area contributed by atoms with E-state index in [1.807, 2.05) is 25.1 Å². The molecular formula is C18H17NO3. The quantitative estimate of drug-likeness (QED) is 0.903. The van der Waals surface area contributed by atoms with Gasteiger partial charge < -0.3 is 10.4 Å². The molecule has 1 saturated carbocycles. The van der Waals surface area contributed by atoms with Crippen LogP contribution in [0.25, 0.3) is 11.1 Å². The third-order valence-electron chi connectivity index (χ3n) is 3.90. The van der Waals surface area contributed by atoms with Crippen LogP contribution in [-0.4, -0.2) is 17.0 Å². The summed E-state index contributed by atoms with van der Waals surface area (Å²) in [4.78, 5) is 22.8. The molecule has 0 aromatic heterocycles. The fourth-order valence-corrected chi connectivity index (χ4v) is 2.39. The Morgan fingerprint density at radius 1 is 1.09 bits per heavy atom. The predicted octanol–water partition coefficient (Wildman–Crippen LogP) is 3.71. The van der Waals surface area contributed by atoms with Crippen molar-refractivity contribution in [1.82, 2.24) is 0 Å². The summed E-state index contributed by atoms with van der Waals surface area (Å²) in [6.07, 6.45) is 1.95. The SMILES string of the molecule is Cc1ccc(NC(=O)C2CC2)cc1-c1ccc(C(=O)O)cc1. The van der Waals surface area contributed by atoms with Crippen LogP contribution >= 0.6 is 0 Å². The van der Waals surface area contributed by atoms with Crippen LogP contribution in [-0.2, 0) is 4.79 Å². The highest BCUT2D eigenvalue weighted by Crippen LogP contribution is 2.31. The Morgan fingerprint density at radius 3 is 2.36 bits per heavy atom. The Labute approximate surface area is 128 Å². The van der Waals surface area contributed by atoms with Gasteiger partial charge in [-0.05, 0) is 60.7 Å². The van der Waals surface area contributed by atoms with E-state index in [2.05, 4.69) is 5.32 Å². The van der Waals surface area contributed by atoms with E-state index >= 15 is 0 Å². The van der Waals surface area contributed by atoms with Gasteiger partial charge in [0.15, 0.2) is 0 Å². The standard InChI is InChI=1S/C18H17NO3/c1-11-2-9-15(19-17(20)13-5-6-13)10-16(11)12-3-7-14(8-4-12)18(21)22/h2-4,7-10,13H,5-6H2,1H3,(H,19,20)(H,21,22). The van der Waals surface area contributed by atoms with Crippen LogP contribution in [0, 0.1) is 12.8 Å². The van der Waals surface area contributed by atoms with Crippen LogP contribution in [0.1, 0.15) is 28.8 Å². The number of aryl methyl sites for hydroxylation is 1. The van der Waals surface area contributed by atoms with Crippen molar-refractivity contribution in [2.45, 2.75) is 19.8 Å². The molecule has 0 saturated heterocycles. The molecule has 4 nitrogen and oxygen atoms in total. The third-order valence-corrected chi connectivity index (χ3v) is 3.90. The van der Waals surface area contributed by atoms with Gasteiger partial charge in [0.1, 0.15) is 0 Å². The molecule has 0 bridgehead atoms. The molecule has 112 valence electrons. The van der Waals surface area contributed by atoms with E-state index in [0.717, 1.165) is 35.2 Å². The smallest absolute Gasteiger partial charge is 0.335 e. The average Bonchev–Trinajstić information content (AvgIpc) is 3.34. The summed E-state index contributed by atoms with van der Waals surface area (Å²) >= 11 is 0. The van der Waals surface area contributed by atoms with E-state index in [9.17, 15) is 9.59 Å². The minimum atomic E-state index is -0.936. The largest absolute Gasteiger partial charge is 0.478 e. The van der Waals surface area contributed by atoms with E-state index < -0.39 is 5.97 Å². The summed E-state index contributed by atoms with van der Waals surface area (Å²) in [7, 11) is 0. The molecule has 4 heteroatoms. The van der Waals surface area contributed by atoms with Gasteiger partial charge >= 0.3 is 5.97 Å². The van der Waals surface area contributed by atoms with Crippen molar-refractivity contribution in [3.63, 3.8) is 0 Å². The first-order chi connectivity index (χ1) is 10.5. The maximum absolute atomic E-state index is 11.9. The number of amides is 1. The summed E-state index contributed by atoms with van der Waals surface area (Å²) in [5, 5.41) is 11.9. The van der Waals surface area contributed by atoms with Gasteiger partial charge in [-0.15, -0.1) is 0 Å². The number of carbonyl (C=O) groups is 2. The van der Waals surface area contributed by atoms with Crippen LogP contribution in [0.15, 0.2) is 42.5 Å². The topological polar surface area (TPSA) is 66.4 Å². The van der Waals surface area contributed by atoms with Gasteiger partial charge in [-0.1, -0.05) is 18.2 Å². The molecule has 0 heterocycles. The van der Waals surface area contributed by atoms with Gasteiger partial charge in [0.2, 0.25) is 5.91 Å². The molecule has 1 aliphatic rings. The van der Waals surface area contributed by atoms with Gasteiger partial charge in [0, 0.05) is 11.6 Å². The summed E-state index contributed by atoms with van der Waals surface area (Å²) in [6, 6.07) is 12.6. The molecule has 0 aliphatic heterocycles. The molecule has 22 heavy (non-hydrogen) atoms. The average molecular weight is 295 g/mol. The lowest BCUT2D eigenvalue weighted by atomic mass is 9.99. The van der Waals surface area contributed by atoms with Crippen molar-refractivity contribution in [3.05, 3.63) is 53.6 Å². The fourth-order valence-electron chi connectivity index (χ4n) is 2.39.